The summed E-state index contributed by atoms with van der Waals surface area (Å²) in [6.45, 7) is 3.09. The average Bonchev–Trinajstić information content (AvgIpc) is 3.18. The van der Waals surface area contributed by atoms with Crippen LogP contribution in [-0.4, -0.2) is 28.2 Å². The van der Waals surface area contributed by atoms with E-state index in [2.05, 4.69) is 32.6 Å². The molecule has 1 aliphatic carbocycles. The van der Waals surface area contributed by atoms with Crippen molar-refractivity contribution in [1.29, 1.82) is 0 Å². The van der Waals surface area contributed by atoms with Crippen molar-refractivity contribution in [2.45, 2.75) is 57.2 Å². The highest BCUT2D eigenvalue weighted by Gasteiger charge is 2.52. The van der Waals surface area contributed by atoms with E-state index in [0.29, 0.717) is 19.5 Å². The molecule has 1 heterocycles. The molecule has 2 atom stereocenters. The zero-order valence-electron chi connectivity index (χ0n) is 19.7. The molecule has 1 aromatic heterocycles. The second kappa shape index (κ2) is 10.6. The van der Waals surface area contributed by atoms with Crippen LogP contribution in [0.25, 0.3) is 0 Å². The van der Waals surface area contributed by atoms with Gasteiger partial charge in [0.15, 0.2) is 5.60 Å². The van der Waals surface area contributed by atoms with Crippen molar-refractivity contribution in [3.8, 4) is 0 Å². The van der Waals surface area contributed by atoms with E-state index in [1.54, 1.807) is 30.3 Å². The van der Waals surface area contributed by atoms with E-state index in [0.717, 1.165) is 15.9 Å². The minimum atomic E-state index is -2.91. The molecule has 1 aliphatic rings. The Morgan fingerprint density at radius 1 is 1.23 bits per heavy atom. The lowest BCUT2D eigenvalue weighted by atomic mass is 9.72. The van der Waals surface area contributed by atoms with Crippen LogP contribution < -0.4 is 4.57 Å². The van der Waals surface area contributed by atoms with Gasteiger partial charge in [-0.1, -0.05) is 58.4 Å². The minimum Gasteiger partial charge on any atom is -0.459 e. The average molecular weight is 548 g/mol. The number of imidazole rings is 1. The third kappa shape index (κ3) is 5.81. The molecule has 1 N–H and O–H groups in total. The predicted molar refractivity (Wildman–Crippen MR) is 131 cm³/mol. The first kappa shape index (κ1) is 25.5. The van der Waals surface area contributed by atoms with Gasteiger partial charge in [-0.05, 0) is 36.1 Å². The number of aromatic nitrogens is 2. The van der Waals surface area contributed by atoms with Crippen LogP contribution in [0.15, 0.2) is 71.5 Å². The SMILES string of the molecule is Cc1n(CCOC(=O)[C@](O)(c2ccccc2)[C@H]2CCCC(F)(F)C2)cc[n+]1Cc1ccc(Br)cc1. The Balaban J connectivity index is 1.44. The number of esters is 1. The summed E-state index contributed by atoms with van der Waals surface area (Å²) >= 11 is 3.44. The first-order chi connectivity index (χ1) is 16.7. The van der Waals surface area contributed by atoms with Gasteiger partial charge >= 0.3 is 5.97 Å². The lowest BCUT2D eigenvalue weighted by Crippen LogP contribution is -2.48. The number of halogens is 3. The molecule has 186 valence electrons. The molecule has 0 saturated heterocycles. The second-order valence-corrected chi connectivity index (χ2v) is 10.1. The highest BCUT2D eigenvalue weighted by molar-refractivity contribution is 9.10. The maximum Gasteiger partial charge on any atom is 0.343 e. The van der Waals surface area contributed by atoms with Crippen molar-refractivity contribution < 1.29 is 28.0 Å². The summed E-state index contributed by atoms with van der Waals surface area (Å²) in [6, 6.07) is 16.4. The van der Waals surface area contributed by atoms with Gasteiger partial charge in [0.25, 0.3) is 5.82 Å². The first-order valence-corrected chi connectivity index (χ1v) is 12.6. The number of carbonyl (C=O) groups excluding carboxylic acids is 1. The van der Waals surface area contributed by atoms with Crippen LogP contribution in [0.3, 0.4) is 0 Å². The number of hydrogen-bond acceptors (Lipinski definition) is 3. The summed E-state index contributed by atoms with van der Waals surface area (Å²) < 4.78 is 39.0. The van der Waals surface area contributed by atoms with Crippen molar-refractivity contribution in [1.82, 2.24) is 4.57 Å². The van der Waals surface area contributed by atoms with E-state index < -0.39 is 29.8 Å². The van der Waals surface area contributed by atoms with Crippen LogP contribution in [0, 0.1) is 12.8 Å². The normalized spacial score (nSPS) is 19.2. The van der Waals surface area contributed by atoms with Crippen molar-refractivity contribution in [3.05, 3.63) is 88.4 Å². The molecule has 0 unspecified atom stereocenters. The Hall–Kier alpha value is -2.58. The molecule has 0 aliphatic heterocycles. The number of aliphatic hydroxyl groups is 1. The van der Waals surface area contributed by atoms with Gasteiger partial charge < -0.3 is 9.84 Å². The lowest BCUT2D eigenvalue weighted by Gasteiger charge is -2.39. The van der Waals surface area contributed by atoms with Gasteiger partial charge in [0.1, 0.15) is 32.1 Å². The molecule has 4 rings (SSSR count). The third-order valence-electron chi connectivity index (χ3n) is 6.85. The Kier molecular flexibility index (Phi) is 7.71. The molecule has 0 radical (unpaired) electrons. The zero-order chi connectivity index (χ0) is 25.1. The fourth-order valence-corrected chi connectivity index (χ4v) is 5.08. The summed E-state index contributed by atoms with van der Waals surface area (Å²) in [5.74, 6) is -3.72. The fraction of sp³-hybridized carbons (Fsp3) is 0.407. The maximum atomic E-state index is 14.2. The number of benzene rings is 2. The van der Waals surface area contributed by atoms with Crippen LogP contribution in [-0.2, 0) is 28.2 Å². The topological polar surface area (TPSA) is 55.3 Å². The van der Waals surface area contributed by atoms with Crippen LogP contribution in [0.2, 0.25) is 0 Å². The molecule has 3 aromatic rings. The molecule has 2 aromatic carbocycles. The van der Waals surface area contributed by atoms with Gasteiger partial charge in [-0.25, -0.2) is 22.7 Å². The molecular weight excluding hydrogens is 518 g/mol. The first-order valence-electron chi connectivity index (χ1n) is 11.8. The quantitative estimate of drug-likeness (QED) is 0.313. The van der Waals surface area contributed by atoms with Crippen molar-refractivity contribution in [2.75, 3.05) is 6.61 Å². The van der Waals surface area contributed by atoms with Crippen molar-refractivity contribution >= 4 is 21.9 Å². The molecule has 1 fully saturated rings. The predicted octanol–water partition coefficient (Wildman–Crippen LogP) is 5.15. The number of carbonyl (C=O) groups is 1. The Labute approximate surface area is 212 Å². The highest BCUT2D eigenvalue weighted by atomic mass is 79.9. The molecule has 35 heavy (non-hydrogen) atoms. The summed E-state index contributed by atoms with van der Waals surface area (Å²) in [7, 11) is 0. The van der Waals surface area contributed by atoms with Gasteiger partial charge in [0.2, 0.25) is 5.92 Å². The molecule has 1 saturated carbocycles. The van der Waals surface area contributed by atoms with E-state index in [1.807, 2.05) is 36.0 Å². The fourth-order valence-electron chi connectivity index (χ4n) is 4.82. The van der Waals surface area contributed by atoms with Gasteiger partial charge in [0.05, 0.1) is 0 Å². The Morgan fingerprint density at radius 3 is 2.63 bits per heavy atom. The largest absolute Gasteiger partial charge is 0.459 e. The zero-order valence-corrected chi connectivity index (χ0v) is 21.3. The van der Waals surface area contributed by atoms with Crippen LogP contribution >= 0.6 is 15.9 Å². The number of alkyl halides is 2. The van der Waals surface area contributed by atoms with Gasteiger partial charge in [-0.2, -0.15) is 0 Å². The Bertz CT molecular complexity index is 1150. The number of ether oxygens (including phenoxy) is 1. The molecule has 0 spiro atoms. The van der Waals surface area contributed by atoms with Crippen LogP contribution in [0.4, 0.5) is 8.78 Å². The molecule has 5 nitrogen and oxygen atoms in total. The van der Waals surface area contributed by atoms with Crippen molar-refractivity contribution in [3.63, 3.8) is 0 Å². The van der Waals surface area contributed by atoms with Gasteiger partial charge in [-0.3, -0.25) is 0 Å². The van der Waals surface area contributed by atoms with Gasteiger partial charge in [0, 0.05) is 30.2 Å². The summed E-state index contributed by atoms with van der Waals surface area (Å²) in [5, 5.41) is 11.5. The summed E-state index contributed by atoms with van der Waals surface area (Å²) in [6.07, 6.45) is 3.69. The number of rotatable bonds is 8. The summed E-state index contributed by atoms with van der Waals surface area (Å²) in [5.41, 5.74) is -0.668. The van der Waals surface area contributed by atoms with Crippen LogP contribution in [0.1, 0.15) is 42.6 Å². The van der Waals surface area contributed by atoms with Crippen LogP contribution in [0.5, 0.6) is 0 Å². The summed E-state index contributed by atoms with van der Waals surface area (Å²) in [4.78, 5) is 13.2. The van der Waals surface area contributed by atoms with E-state index in [4.69, 9.17) is 4.74 Å². The van der Waals surface area contributed by atoms with E-state index >= 15 is 0 Å². The number of hydrogen-bond donors (Lipinski definition) is 1. The van der Waals surface area contributed by atoms with E-state index in [9.17, 15) is 18.7 Å². The van der Waals surface area contributed by atoms with E-state index in [-0.39, 0.29) is 25.0 Å². The maximum absolute atomic E-state index is 14.2. The highest BCUT2D eigenvalue weighted by Crippen LogP contribution is 2.45. The van der Waals surface area contributed by atoms with Gasteiger partial charge in [-0.15, -0.1) is 0 Å². The molecular formula is C27H30BrF2N2O3+. The minimum absolute atomic E-state index is 0.0187. The monoisotopic (exact) mass is 547 g/mol. The third-order valence-corrected chi connectivity index (χ3v) is 7.37. The van der Waals surface area contributed by atoms with E-state index in [1.165, 1.54) is 0 Å². The molecule has 8 heteroatoms. The standard InChI is InChI=1S/C27H30BrF2N2O3/c1-20-31(14-15-32(20)19-21-9-11-24(28)12-10-21)16-17-35-25(33)27(34,22-6-3-2-4-7-22)23-8-5-13-26(29,30)18-23/h2-4,6-7,9-12,14-15,23,34H,5,8,13,16-19H2,1H3/q+1/t23-,27-/m0/s1. The molecule has 0 amide bonds. The number of nitrogens with zero attached hydrogens (tertiary/aromatic N) is 2. The Morgan fingerprint density at radius 2 is 1.94 bits per heavy atom. The molecule has 0 bridgehead atoms. The second-order valence-electron chi connectivity index (χ2n) is 9.21. The smallest absolute Gasteiger partial charge is 0.343 e. The van der Waals surface area contributed by atoms with Crippen molar-refractivity contribution in [2.24, 2.45) is 5.92 Å². The lowest BCUT2D eigenvalue weighted by molar-refractivity contribution is -0.694.